The molecule has 0 atom stereocenters. The van der Waals surface area contributed by atoms with Crippen molar-refractivity contribution in [2.24, 2.45) is 5.10 Å². The van der Waals surface area contributed by atoms with Gasteiger partial charge in [0.15, 0.2) is 0 Å². The molecule has 160 valence electrons. The molecule has 7 heteroatoms. The topological polar surface area (TPSA) is 84.8 Å². The number of hydrogen-bond acceptors (Lipinski definition) is 5. The van der Waals surface area contributed by atoms with Crippen LogP contribution in [0.3, 0.4) is 0 Å². The molecule has 32 heavy (non-hydrogen) atoms. The summed E-state index contributed by atoms with van der Waals surface area (Å²) in [7, 11) is -3.82. The van der Waals surface area contributed by atoms with Crippen LogP contribution in [0.1, 0.15) is 21.5 Å². The number of aryl methyl sites for hydroxylation is 1. The molecule has 1 N–H and O–H groups in total. The second-order valence-electron chi connectivity index (χ2n) is 7.12. The van der Waals surface area contributed by atoms with Gasteiger partial charge in [0.25, 0.3) is 10.0 Å². The minimum atomic E-state index is -3.82. The van der Waals surface area contributed by atoms with Gasteiger partial charge in [-0.2, -0.15) is 13.5 Å². The Bertz CT molecular complexity index is 1400. The van der Waals surface area contributed by atoms with Crippen LogP contribution in [0.25, 0.3) is 10.8 Å². The summed E-state index contributed by atoms with van der Waals surface area (Å²) >= 11 is 0. The number of carbonyl (C=O) groups is 1. The van der Waals surface area contributed by atoms with E-state index in [-0.39, 0.29) is 10.6 Å². The summed E-state index contributed by atoms with van der Waals surface area (Å²) in [6.07, 6.45) is 1.35. The summed E-state index contributed by atoms with van der Waals surface area (Å²) in [6, 6.07) is 26.0. The van der Waals surface area contributed by atoms with Crippen LogP contribution < -0.4 is 9.57 Å². The summed E-state index contributed by atoms with van der Waals surface area (Å²) in [5, 5.41) is 5.60. The predicted molar refractivity (Wildman–Crippen MR) is 124 cm³/mol. The quantitative estimate of drug-likeness (QED) is 0.203. The summed E-state index contributed by atoms with van der Waals surface area (Å²) in [4.78, 5) is 15.0. The first-order valence-corrected chi connectivity index (χ1v) is 11.3. The van der Waals surface area contributed by atoms with Gasteiger partial charge in [0.05, 0.1) is 16.7 Å². The molecular weight excluding hydrogens is 424 g/mol. The molecule has 4 aromatic rings. The molecule has 0 bridgehead atoms. The number of ether oxygens (including phenoxy) is 1. The van der Waals surface area contributed by atoms with Gasteiger partial charge in [-0.15, -0.1) is 0 Å². The Balaban J connectivity index is 1.67. The van der Waals surface area contributed by atoms with Crippen molar-refractivity contribution >= 4 is 33.0 Å². The Morgan fingerprint density at radius 1 is 0.875 bits per heavy atom. The van der Waals surface area contributed by atoms with E-state index < -0.39 is 16.0 Å². The van der Waals surface area contributed by atoms with Crippen molar-refractivity contribution in [2.75, 3.05) is 0 Å². The number of hydrogen-bond donors (Lipinski definition) is 1. The lowest BCUT2D eigenvalue weighted by molar-refractivity contribution is 0.0734. The molecule has 0 saturated carbocycles. The number of nitrogens with zero attached hydrogens (tertiary/aromatic N) is 1. The fourth-order valence-corrected chi connectivity index (χ4v) is 3.97. The molecule has 0 aliphatic carbocycles. The van der Waals surface area contributed by atoms with Gasteiger partial charge in [-0.1, -0.05) is 66.2 Å². The molecule has 0 heterocycles. The van der Waals surface area contributed by atoms with Crippen molar-refractivity contribution < 1.29 is 17.9 Å². The summed E-state index contributed by atoms with van der Waals surface area (Å²) in [5.74, 6) is -0.239. The van der Waals surface area contributed by atoms with E-state index in [1.807, 2.05) is 49.4 Å². The van der Waals surface area contributed by atoms with Crippen LogP contribution in [0.2, 0.25) is 0 Å². The average molecular weight is 445 g/mol. The molecule has 0 aliphatic rings. The fraction of sp³-hybridized carbons (Fsp3) is 0.0400. The number of sulfonamides is 1. The molecule has 0 radical (unpaired) electrons. The van der Waals surface area contributed by atoms with Crippen LogP contribution in [0.5, 0.6) is 5.75 Å². The van der Waals surface area contributed by atoms with E-state index in [2.05, 4.69) is 9.93 Å². The van der Waals surface area contributed by atoms with Crippen LogP contribution in [0, 0.1) is 6.92 Å². The monoisotopic (exact) mass is 444 g/mol. The highest BCUT2D eigenvalue weighted by atomic mass is 32.2. The van der Waals surface area contributed by atoms with E-state index in [0.717, 1.165) is 16.3 Å². The second kappa shape index (κ2) is 9.03. The first kappa shape index (κ1) is 21.3. The van der Waals surface area contributed by atoms with Crippen LogP contribution in [-0.4, -0.2) is 20.6 Å². The number of fused-ring (bicyclic) bond motifs is 1. The maximum Gasteiger partial charge on any atom is 0.343 e. The van der Waals surface area contributed by atoms with E-state index in [4.69, 9.17) is 4.74 Å². The summed E-state index contributed by atoms with van der Waals surface area (Å²) in [5.41, 5.74) is 1.93. The molecule has 0 saturated heterocycles. The minimum absolute atomic E-state index is 0.0982. The molecule has 0 fully saturated rings. The van der Waals surface area contributed by atoms with E-state index in [1.54, 1.807) is 36.4 Å². The molecule has 0 aromatic heterocycles. The number of hydrazone groups is 1. The van der Waals surface area contributed by atoms with Crippen molar-refractivity contribution in [3.63, 3.8) is 0 Å². The Labute approximate surface area is 186 Å². The van der Waals surface area contributed by atoms with Gasteiger partial charge >= 0.3 is 5.97 Å². The first-order valence-electron chi connectivity index (χ1n) is 9.84. The Morgan fingerprint density at radius 2 is 1.56 bits per heavy atom. The highest BCUT2D eigenvalue weighted by Gasteiger charge is 2.15. The molecule has 0 aliphatic heterocycles. The van der Waals surface area contributed by atoms with Crippen LogP contribution in [0.4, 0.5) is 0 Å². The summed E-state index contributed by atoms with van der Waals surface area (Å²) in [6.45, 7) is 1.93. The van der Waals surface area contributed by atoms with Crippen molar-refractivity contribution in [3.8, 4) is 5.75 Å². The van der Waals surface area contributed by atoms with E-state index in [0.29, 0.717) is 11.1 Å². The second-order valence-corrected chi connectivity index (χ2v) is 8.78. The zero-order valence-electron chi connectivity index (χ0n) is 17.2. The van der Waals surface area contributed by atoms with Gasteiger partial charge in [0.1, 0.15) is 5.75 Å². The van der Waals surface area contributed by atoms with Crippen molar-refractivity contribution in [3.05, 3.63) is 108 Å². The molecule has 4 rings (SSSR count). The number of rotatable bonds is 6. The van der Waals surface area contributed by atoms with Gasteiger partial charge in [-0.3, -0.25) is 0 Å². The van der Waals surface area contributed by atoms with Gasteiger partial charge in [0.2, 0.25) is 0 Å². The standard InChI is InChI=1S/C25H20N2O4S/c1-18-11-13-20(14-12-18)25(28)31-24-16-15-19-7-5-6-10-22(19)23(24)17-26-27-32(29,30)21-8-3-2-4-9-21/h2-17,27H,1H3/b26-17-. The minimum Gasteiger partial charge on any atom is -0.422 e. The highest BCUT2D eigenvalue weighted by molar-refractivity contribution is 7.89. The zero-order valence-corrected chi connectivity index (χ0v) is 18.0. The van der Waals surface area contributed by atoms with Gasteiger partial charge in [0, 0.05) is 5.56 Å². The SMILES string of the molecule is Cc1ccc(C(=O)Oc2ccc3ccccc3c2/C=N\NS(=O)(=O)c2ccccc2)cc1. The Hall–Kier alpha value is -3.97. The van der Waals surface area contributed by atoms with Crippen LogP contribution in [0.15, 0.2) is 101 Å². The largest absolute Gasteiger partial charge is 0.422 e. The Morgan fingerprint density at radius 3 is 2.31 bits per heavy atom. The van der Waals surface area contributed by atoms with Crippen molar-refractivity contribution in [1.82, 2.24) is 4.83 Å². The van der Waals surface area contributed by atoms with Crippen LogP contribution >= 0.6 is 0 Å². The van der Waals surface area contributed by atoms with E-state index >= 15 is 0 Å². The summed E-state index contributed by atoms with van der Waals surface area (Å²) < 4.78 is 30.5. The lowest BCUT2D eigenvalue weighted by atomic mass is 10.0. The van der Waals surface area contributed by atoms with Gasteiger partial charge in [-0.25, -0.2) is 9.63 Å². The maximum atomic E-state index is 12.7. The van der Waals surface area contributed by atoms with Gasteiger partial charge < -0.3 is 4.74 Å². The fourth-order valence-electron chi connectivity index (χ4n) is 3.16. The molecule has 6 nitrogen and oxygen atoms in total. The third-order valence-corrected chi connectivity index (χ3v) is 6.08. The molecule has 0 amide bonds. The smallest absolute Gasteiger partial charge is 0.343 e. The lowest BCUT2D eigenvalue weighted by Gasteiger charge is -2.11. The first-order chi connectivity index (χ1) is 15.4. The van der Waals surface area contributed by atoms with Crippen molar-refractivity contribution in [2.45, 2.75) is 11.8 Å². The third kappa shape index (κ3) is 4.68. The van der Waals surface area contributed by atoms with E-state index in [1.165, 1.54) is 18.3 Å². The maximum absolute atomic E-state index is 12.7. The van der Waals surface area contributed by atoms with Gasteiger partial charge in [-0.05, 0) is 48.0 Å². The Kier molecular flexibility index (Phi) is 6.00. The van der Waals surface area contributed by atoms with E-state index in [9.17, 15) is 13.2 Å². The number of esters is 1. The van der Waals surface area contributed by atoms with Crippen molar-refractivity contribution in [1.29, 1.82) is 0 Å². The third-order valence-electron chi connectivity index (χ3n) is 4.84. The number of carbonyl (C=O) groups excluding carboxylic acids is 1. The number of nitrogens with one attached hydrogen (secondary N) is 1. The average Bonchev–Trinajstić information content (AvgIpc) is 2.81. The molecule has 0 unspecified atom stereocenters. The number of benzene rings is 4. The zero-order chi connectivity index (χ0) is 22.6. The molecular formula is C25H20N2O4S. The normalized spacial score (nSPS) is 11.5. The van der Waals surface area contributed by atoms with Crippen LogP contribution in [-0.2, 0) is 10.0 Å². The highest BCUT2D eigenvalue weighted by Crippen LogP contribution is 2.27. The molecule has 0 spiro atoms. The molecule has 4 aromatic carbocycles. The predicted octanol–water partition coefficient (Wildman–Crippen LogP) is 4.68. The lowest BCUT2D eigenvalue weighted by Crippen LogP contribution is -2.18.